The van der Waals surface area contributed by atoms with Gasteiger partial charge in [0.05, 0.1) is 12.2 Å². The van der Waals surface area contributed by atoms with Crippen molar-refractivity contribution in [2.24, 2.45) is 5.73 Å². The first-order valence-corrected chi connectivity index (χ1v) is 7.79. The third kappa shape index (κ3) is 4.87. The Balaban J connectivity index is 2.03. The summed E-state index contributed by atoms with van der Waals surface area (Å²) >= 11 is 1.51. The molecule has 0 aliphatic heterocycles. The number of primary amides is 1. The van der Waals surface area contributed by atoms with Crippen molar-refractivity contribution in [2.45, 2.75) is 26.3 Å². The number of amides is 1. The highest BCUT2D eigenvalue weighted by Crippen LogP contribution is 2.20. The van der Waals surface area contributed by atoms with E-state index in [1.54, 1.807) is 18.5 Å². The Kier molecular flexibility index (Phi) is 5.77. The molecule has 0 saturated carbocycles. The van der Waals surface area contributed by atoms with Gasteiger partial charge in [0.1, 0.15) is 0 Å². The Morgan fingerprint density at radius 3 is 2.81 bits per heavy atom. The lowest BCUT2D eigenvalue weighted by atomic mass is 10.3. The molecule has 0 spiro atoms. The van der Waals surface area contributed by atoms with Crippen molar-refractivity contribution in [3.8, 4) is 10.8 Å². The fraction of sp³-hybridized carbons (Fsp3) is 0.429. The van der Waals surface area contributed by atoms with Gasteiger partial charge in [-0.15, -0.1) is 11.3 Å². The van der Waals surface area contributed by atoms with Crippen LogP contribution < -0.4 is 5.73 Å². The van der Waals surface area contributed by atoms with Crippen LogP contribution in [0.5, 0.6) is 0 Å². The molecule has 6 nitrogen and oxygen atoms in total. The summed E-state index contributed by atoms with van der Waals surface area (Å²) < 4.78 is 0. The fourth-order valence-corrected chi connectivity index (χ4v) is 2.69. The summed E-state index contributed by atoms with van der Waals surface area (Å²) in [6, 6.07) is 1.78. The molecule has 1 amide bonds. The second kappa shape index (κ2) is 7.80. The Morgan fingerprint density at radius 1 is 1.38 bits per heavy atom. The van der Waals surface area contributed by atoms with E-state index in [1.807, 2.05) is 10.3 Å². The van der Waals surface area contributed by atoms with Crippen LogP contribution in [0.25, 0.3) is 10.8 Å². The van der Waals surface area contributed by atoms with Gasteiger partial charge in [-0.1, -0.05) is 13.3 Å². The number of hydrogen-bond acceptors (Lipinski definition) is 6. The number of thiazole rings is 1. The predicted octanol–water partition coefficient (Wildman–Crippen LogP) is 1.69. The number of carbonyl (C=O) groups is 1. The number of rotatable bonds is 8. The molecular weight excluding hydrogens is 286 g/mol. The predicted molar refractivity (Wildman–Crippen MR) is 82.5 cm³/mol. The summed E-state index contributed by atoms with van der Waals surface area (Å²) in [6.07, 6.45) is 5.51. The standard InChI is InChI=1S/C14H19N5OS/c1-2-3-7-19(9-12(15)20)8-11-10-21-14(18-11)13-16-5-4-6-17-13/h4-6,10H,2-3,7-9H2,1H3,(H2,15,20). The van der Waals surface area contributed by atoms with Gasteiger partial charge in [0.15, 0.2) is 10.8 Å². The van der Waals surface area contributed by atoms with Gasteiger partial charge in [0, 0.05) is 24.3 Å². The lowest BCUT2D eigenvalue weighted by molar-refractivity contribution is -0.119. The van der Waals surface area contributed by atoms with Gasteiger partial charge < -0.3 is 5.73 Å². The zero-order valence-corrected chi connectivity index (χ0v) is 12.8. The van der Waals surface area contributed by atoms with Crippen LogP contribution in [0.2, 0.25) is 0 Å². The molecule has 0 radical (unpaired) electrons. The summed E-state index contributed by atoms with van der Waals surface area (Å²) in [7, 11) is 0. The quantitative estimate of drug-likeness (QED) is 0.802. The molecule has 7 heteroatoms. The van der Waals surface area contributed by atoms with Crippen molar-refractivity contribution in [1.82, 2.24) is 19.9 Å². The molecular formula is C14H19N5OS. The van der Waals surface area contributed by atoms with E-state index >= 15 is 0 Å². The minimum Gasteiger partial charge on any atom is -0.369 e. The number of nitrogens with zero attached hydrogens (tertiary/aromatic N) is 4. The van der Waals surface area contributed by atoms with E-state index in [9.17, 15) is 4.79 Å². The second-order valence-corrected chi connectivity index (χ2v) is 5.61. The highest BCUT2D eigenvalue weighted by Gasteiger charge is 2.12. The van der Waals surface area contributed by atoms with Gasteiger partial charge in [-0.25, -0.2) is 15.0 Å². The first-order valence-electron chi connectivity index (χ1n) is 6.91. The minimum atomic E-state index is -0.312. The summed E-state index contributed by atoms with van der Waals surface area (Å²) in [4.78, 5) is 26.1. The van der Waals surface area contributed by atoms with Crippen molar-refractivity contribution in [1.29, 1.82) is 0 Å². The summed E-state index contributed by atoms with van der Waals surface area (Å²) in [5.74, 6) is 0.316. The van der Waals surface area contributed by atoms with Gasteiger partial charge in [0.2, 0.25) is 5.91 Å². The maximum atomic E-state index is 11.1. The SMILES string of the molecule is CCCCN(CC(N)=O)Cc1csc(-c2ncccn2)n1. The van der Waals surface area contributed by atoms with Crippen molar-refractivity contribution in [2.75, 3.05) is 13.1 Å². The number of unbranched alkanes of at least 4 members (excludes halogenated alkanes) is 1. The first kappa shape index (κ1) is 15.5. The zero-order chi connectivity index (χ0) is 15.1. The van der Waals surface area contributed by atoms with Gasteiger partial charge in [0.25, 0.3) is 0 Å². The molecule has 2 rings (SSSR count). The number of aromatic nitrogens is 3. The maximum absolute atomic E-state index is 11.1. The molecule has 21 heavy (non-hydrogen) atoms. The molecule has 0 unspecified atom stereocenters. The molecule has 0 bridgehead atoms. The highest BCUT2D eigenvalue weighted by molar-refractivity contribution is 7.13. The van der Waals surface area contributed by atoms with Crippen LogP contribution in [-0.4, -0.2) is 38.8 Å². The van der Waals surface area contributed by atoms with Crippen molar-refractivity contribution in [3.05, 3.63) is 29.5 Å². The fourth-order valence-electron chi connectivity index (χ4n) is 1.94. The smallest absolute Gasteiger partial charge is 0.231 e. The van der Waals surface area contributed by atoms with E-state index < -0.39 is 0 Å². The van der Waals surface area contributed by atoms with Crippen molar-refractivity contribution >= 4 is 17.2 Å². The second-order valence-electron chi connectivity index (χ2n) is 4.75. The van der Waals surface area contributed by atoms with Gasteiger partial charge in [-0.2, -0.15) is 0 Å². The Morgan fingerprint density at radius 2 is 2.14 bits per heavy atom. The van der Waals surface area contributed by atoms with Gasteiger partial charge in [-0.05, 0) is 19.0 Å². The monoisotopic (exact) mass is 305 g/mol. The average Bonchev–Trinajstić information content (AvgIpc) is 2.93. The average molecular weight is 305 g/mol. The molecule has 0 fully saturated rings. The molecule has 0 aliphatic rings. The number of nitrogens with two attached hydrogens (primary N) is 1. The van der Waals surface area contributed by atoms with Crippen LogP contribution in [0.1, 0.15) is 25.5 Å². The van der Waals surface area contributed by atoms with Gasteiger partial charge in [-0.3, -0.25) is 9.69 Å². The Bertz CT molecular complexity index is 572. The van der Waals surface area contributed by atoms with Crippen LogP contribution in [0.4, 0.5) is 0 Å². The Labute approximate surface area is 128 Å². The van der Waals surface area contributed by atoms with E-state index in [0.717, 1.165) is 30.1 Å². The number of carbonyl (C=O) groups excluding carboxylic acids is 1. The molecule has 2 aromatic heterocycles. The molecule has 0 aromatic carbocycles. The van der Waals surface area contributed by atoms with E-state index in [1.165, 1.54) is 11.3 Å². The third-order valence-corrected chi connectivity index (χ3v) is 3.79. The van der Waals surface area contributed by atoms with Crippen LogP contribution in [0, 0.1) is 0 Å². The minimum absolute atomic E-state index is 0.259. The lowest BCUT2D eigenvalue weighted by Gasteiger charge is -2.19. The molecule has 0 saturated heterocycles. The summed E-state index contributed by atoms with van der Waals surface area (Å²) in [6.45, 7) is 3.84. The van der Waals surface area contributed by atoms with E-state index in [2.05, 4.69) is 21.9 Å². The van der Waals surface area contributed by atoms with Crippen LogP contribution in [0.15, 0.2) is 23.8 Å². The van der Waals surface area contributed by atoms with Crippen molar-refractivity contribution < 1.29 is 4.79 Å². The molecule has 0 atom stereocenters. The lowest BCUT2D eigenvalue weighted by Crippen LogP contribution is -2.34. The molecule has 2 N–H and O–H groups in total. The first-order chi connectivity index (χ1) is 10.2. The molecule has 0 aliphatic carbocycles. The maximum Gasteiger partial charge on any atom is 0.231 e. The van der Waals surface area contributed by atoms with E-state index in [-0.39, 0.29) is 12.5 Å². The van der Waals surface area contributed by atoms with Crippen molar-refractivity contribution in [3.63, 3.8) is 0 Å². The molecule has 2 aromatic rings. The molecule has 112 valence electrons. The number of hydrogen-bond donors (Lipinski definition) is 1. The van der Waals surface area contributed by atoms with Crippen LogP contribution >= 0.6 is 11.3 Å². The largest absolute Gasteiger partial charge is 0.369 e. The van der Waals surface area contributed by atoms with E-state index in [0.29, 0.717) is 12.4 Å². The molecule has 2 heterocycles. The van der Waals surface area contributed by atoms with E-state index in [4.69, 9.17) is 5.73 Å². The Hall–Kier alpha value is -1.86. The third-order valence-electron chi connectivity index (χ3n) is 2.90. The highest BCUT2D eigenvalue weighted by atomic mass is 32.1. The zero-order valence-electron chi connectivity index (χ0n) is 12.0. The summed E-state index contributed by atoms with van der Waals surface area (Å²) in [5, 5.41) is 2.77. The normalized spacial score (nSPS) is 11.0. The van der Waals surface area contributed by atoms with Gasteiger partial charge >= 0.3 is 0 Å². The van der Waals surface area contributed by atoms with Crippen LogP contribution in [-0.2, 0) is 11.3 Å². The summed E-state index contributed by atoms with van der Waals surface area (Å²) in [5.41, 5.74) is 6.21. The van der Waals surface area contributed by atoms with Crippen LogP contribution in [0.3, 0.4) is 0 Å². The topological polar surface area (TPSA) is 85.0 Å².